The van der Waals surface area contributed by atoms with Crippen molar-refractivity contribution in [3.63, 3.8) is 0 Å². The summed E-state index contributed by atoms with van der Waals surface area (Å²) in [6.45, 7) is 8.77. The number of carbonyl (C=O) groups is 2. The van der Waals surface area contributed by atoms with Gasteiger partial charge >= 0.3 is 0 Å². The van der Waals surface area contributed by atoms with Crippen molar-refractivity contribution in [2.75, 3.05) is 11.9 Å². The number of rotatable bonds is 7. The van der Waals surface area contributed by atoms with Crippen molar-refractivity contribution < 1.29 is 9.59 Å². The van der Waals surface area contributed by atoms with Crippen molar-refractivity contribution in [1.82, 2.24) is 10.3 Å². The molecule has 0 atom stereocenters. The molecule has 26 heavy (non-hydrogen) atoms. The summed E-state index contributed by atoms with van der Waals surface area (Å²) >= 11 is 0. The predicted octanol–water partition coefficient (Wildman–Crippen LogP) is 3.84. The van der Waals surface area contributed by atoms with E-state index in [-0.39, 0.29) is 17.5 Å². The van der Waals surface area contributed by atoms with Gasteiger partial charge in [-0.2, -0.15) is 0 Å². The van der Waals surface area contributed by atoms with Gasteiger partial charge in [-0.3, -0.25) is 14.6 Å². The first-order valence-electron chi connectivity index (χ1n) is 9.12. The van der Waals surface area contributed by atoms with E-state index in [1.54, 1.807) is 6.07 Å². The lowest BCUT2D eigenvalue weighted by Gasteiger charge is -2.14. The van der Waals surface area contributed by atoms with Crippen LogP contribution in [0.1, 0.15) is 59.7 Å². The molecule has 2 amide bonds. The minimum atomic E-state index is -0.306. The third-order valence-corrected chi connectivity index (χ3v) is 4.16. The monoisotopic (exact) mass is 353 g/mol. The molecular weight excluding hydrogens is 326 g/mol. The normalized spacial score (nSPS) is 10.7. The second-order valence-corrected chi connectivity index (χ2v) is 6.65. The quantitative estimate of drug-likeness (QED) is 0.794. The zero-order valence-corrected chi connectivity index (χ0v) is 15.9. The van der Waals surface area contributed by atoms with Crippen molar-refractivity contribution in [1.29, 1.82) is 0 Å². The Labute approximate surface area is 155 Å². The maximum Gasteiger partial charge on any atom is 0.274 e. The summed E-state index contributed by atoms with van der Waals surface area (Å²) in [5, 5.41) is 5.83. The van der Waals surface area contributed by atoms with Crippen LogP contribution in [-0.2, 0) is 12.8 Å². The molecule has 1 aromatic carbocycles. The molecule has 0 aliphatic rings. The fraction of sp³-hybridized carbons (Fsp3) is 0.381. The second kappa shape index (κ2) is 9.13. The van der Waals surface area contributed by atoms with E-state index >= 15 is 0 Å². The molecule has 5 nitrogen and oxygen atoms in total. The molecular formula is C21H27N3O2. The van der Waals surface area contributed by atoms with Crippen LogP contribution in [0.25, 0.3) is 0 Å². The van der Waals surface area contributed by atoms with E-state index in [0.717, 1.165) is 29.7 Å². The van der Waals surface area contributed by atoms with Gasteiger partial charge in [0.1, 0.15) is 5.69 Å². The van der Waals surface area contributed by atoms with E-state index in [4.69, 9.17) is 0 Å². The van der Waals surface area contributed by atoms with Crippen molar-refractivity contribution >= 4 is 17.5 Å². The fourth-order valence-corrected chi connectivity index (χ4v) is 2.68. The molecule has 2 N–H and O–H groups in total. The summed E-state index contributed by atoms with van der Waals surface area (Å²) < 4.78 is 0. The molecule has 0 saturated carbocycles. The van der Waals surface area contributed by atoms with Crippen molar-refractivity contribution in [2.24, 2.45) is 5.92 Å². The predicted molar refractivity (Wildman–Crippen MR) is 105 cm³/mol. The molecule has 0 aliphatic heterocycles. The van der Waals surface area contributed by atoms with Crippen molar-refractivity contribution in [3.8, 4) is 0 Å². The van der Waals surface area contributed by atoms with Crippen LogP contribution in [0.3, 0.4) is 0 Å². The molecule has 2 aromatic rings. The summed E-state index contributed by atoms with van der Waals surface area (Å²) in [6.07, 6.45) is 3.15. The van der Waals surface area contributed by atoms with Crippen LogP contribution >= 0.6 is 0 Å². The van der Waals surface area contributed by atoms with Gasteiger partial charge in [-0.1, -0.05) is 45.9 Å². The lowest BCUT2D eigenvalue weighted by atomic mass is 10.0. The maximum absolute atomic E-state index is 12.7. The minimum Gasteiger partial charge on any atom is -0.352 e. The molecule has 5 heteroatoms. The number of pyridine rings is 1. The van der Waals surface area contributed by atoms with Gasteiger partial charge in [0.05, 0.1) is 0 Å². The van der Waals surface area contributed by atoms with Gasteiger partial charge in [0.25, 0.3) is 11.8 Å². The first-order valence-corrected chi connectivity index (χ1v) is 9.12. The Hall–Kier alpha value is -2.69. The number of nitrogens with one attached hydrogen (secondary N) is 2. The molecule has 2 rings (SSSR count). The van der Waals surface area contributed by atoms with Crippen LogP contribution in [0.4, 0.5) is 5.69 Å². The third kappa shape index (κ3) is 4.91. The number of carbonyl (C=O) groups excluding carboxylic acids is 2. The number of benzene rings is 1. The number of hydrogen-bond donors (Lipinski definition) is 2. The van der Waals surface area contributed by atoms with E-state index in [2.05, 4.69) is 29.5 Å². The summed E-state index contributed by atoms with van der Waals surface area (Å²) in [7, 11) is 0. The Morgan fingerprint density at radius 1 is 1.04 bits per heavy atom. The van der Waals surface area contributed by atoms with E-state index in [1.165, 1.54) is 12.3 Å². The van der Waals surface area contributed by atoms with E-state index in [1.807, 2.05) is 32.0 Å². The first-order chi connectivity index (χ1) is 12.5. The van der Waals surface area contributed by atoms with Crippen LogP contribution < -0.4 is 10.6 Å². The highest BCUT2D eigenvalue weighted by molar-refractivity contribution is 6.05. The highest BCUT2D eigenvalue weighted by Crippen LogP contribution is 2.23. The molecule has 0 saturated heterocycles. The summed E-state index contributed by atoms with van der Waals surface area (Å²) in [5.74, 6) is -0.140. The van der Waals surface area contributed by atoms with Crippen LogP contribution in [0.15, 0.2) is 36.5 Å². The highest BCUT2D eigenvalue weighted by Gasteiger charge is 2.15. The summed E-state index contributed by atoms with van der Waals surface area (Å²) in [6, 6.07) is 9.18. The van der Waals surface area contributed by atoms with E-state index < -0.39 is 0 Å². The average Bonchev–Trinajstić information content (AvgIpc) is 2.66. The van der Waals surface area contributed by atoms with E-state index in [9.17, 15) is 9.59 Å². The molecule has 0 bridgehead atoms. The smallest absolute Gasteiger partial charge is 0.274 e. The standard InChI is InChI=1S/C21H27N3O2/c1-5-15-8-7-9-16(6-2)19(15)24-21(26)18-12-17(10-11-22-18)20(25)23-13-14(3)4/h7-12,14H,5-6,13H2,1-4H3,(H,23,25)(H,24,26). The van der Waals surface area contributed by atoms with Gasteiger partial charge in [0, 0.05) is 24.0 Å². The maximum atomic E-state index is 12.7. The zero-order valence-electron chi connectivity index (χ0n) is 15.9. The molecule has 0 radical (unpaired) electrons. The Balaban J connectivity index is 2.21. The minimum absolute atomic E-state index is 0.196. The molecule has 0 spiro atoms. The van der Waals surface area contributed by atoms with Crippen molar-refractivity contribution in [3.05, 3.63) is 58.9 Å². The Kier molecular flexibility index (Phi) is 6.89. The lowest BCUT2D eigenvalue weighted by molar-refractivity contribution is 0.0949. The number of nitrogens with zero attached hydrogens (tertiary/aromatic N) is 1. The molecule has 1 heterocycles. The molecule has 0 fully saturated rings. The summed E-state index contributed by atoms with van der Waals surface area (Å²) in [4.78, 5) is 29.0. The molecule has 1 aromatic heterocycles. The van der Waals surface area contributed by atoms with Gasteiger partial charge in [0.2, 0.25) is 0 Å². The van der Waals surface area contributed by atoms with Crippen LogP contribution in [0.5, 0.6) is 0 Å². The molecule has 0 aliphatic carbocycles. The van der Waals surface area contributed by atoms with Crippen LogP contribution in [0, 0.1) is 5.92 Å². The number of anilines is 1. The largest absolute Gasteiger partial charge is 0.352 e. The SMILES string of the molecule is CCc1cccc(CC)c1NC(=O)c1cc(C(=O)NCC(C)C)ccn1. The number of amides is 2. The number of hydrogen-bond acceptors (Lipinski definition) is 3. The Bertz CT molecular complexity index is 762. The van der Waals surface area contributed by atoms with Crippen LogP contribution in [0.2, 0.25) is 0 Å². The number of para-hydroxylation sites is 1. The summed E-state index contributed by atoms with van der Waals surface area (Å²) in [5.41, 5.74) is 3.69. The third-order valence-electron chi connectivity index (χ3n) is 4.16. The van der Waals surface area contributed by atoms with Gasteiger partial charge in [0.15, 0.2) is 0 Å². The van der Waals surface area contributed by atoms with Gasteiger partial charge < -0.3 is 10.6 Å². The Morgan fingerprint density at radius 2 is 1.69 bits per heavy atom. The van der Waals surface area contributed by atoms with Gasteiger partial charge in [-0.05, 0) is 42.0 Å². The van der Waals surface area contributed by atoms with Crippen LogP contribution in [-0.4, -0.2) is 23.3 Å². The second-order valence-electron chi connectivity index (χ2n) is 6.65. The molecule has 0 unspecified atom stereocenters. The fourth-order valence-electron chi connectivity index (χ4n) is 2.68. The van der Waals surface area contributed by atoms with Gasteiger partial charge in [-0.25, -0.2) is 0 Å². The average molecular weight is 353 g/mol. The van der Waals surface area contributed by atoms with Gasteiger partial charge in [-0.15, -0.1) is 0 Å². The van der Waals surface area contributed by atoms with E-state index in [0.29, 0.717) is 18.0 Å². The van der Waals surface area contributed by atoms with Crippen molar-refractivity contribution in [2.45, 2.75) is 40.5 Å². The first kappa shape index (κ1) is 19.6. The lowest BCUT2D eigenvalue weighted by Crippen LogP contribution is -2.27. The Morgan fingerprint density at radius 3 is 2.27 bits per heavy atom. The zero-order chi connectivity index (χ0) is 19.1. The molecule has 138 valence electrons. The topological polar surface area (TPSA) is 71.1 Å². The highest BCUT2D eigenvalue weighted by atomic mass is 16.2. The number of aryl methyl sites for hydroxylation is 2. The number of aromatic nitrogens is 1.